The highest BCUT2D eigenvalue weighted by molar-refractivity contribution is 5.72. The molecular weight excluding hydrogens is 232 g/mol. The number of carbonyl (C=O) groups is 1. The lowest BCUT2D eigenvalue weighted by atomic mass is 10.2. The number of hydrogen-bond acceptors (Lipinski definition) is 5. The van der Waals surface area contributed by atoms with Crippen molar-refractivity contribution >= 4 is 5.97 Å². The van der Waals surface area contributed by atoms with E-state index in [1.165, 1.54) is 0 Å². The average molecular weight is 250 g/mol. The lowest BCUT2D eigenvalue weighted by Gasteiger charge is -2.36. The summed E-state index contributed by atoms with van der Waals surface area (Å²) in [5.41, 5.74) is 0. The summed E-state index contributed by atoms with van der Waals surface area (Å²) in [6, 6.07) is 1.40. The highest BCUT2D eigenvalue weighted by Crippen LogP contribution is 2.08. The van der Waals surface area contributed by atoms with E-state index in [0.29, 0.717) is 0 Å². The molecule has 18 heavy (non-hydrogen) atoms. The maximum Gasteiger partial charge on any atom is 0.320 e. The van der Waals surface area contributed by atoms with E-state index in [0.717, 1.165) is 38.5 Å². The van der Waals surface area contributed by atoms with Gasteiger partial charge in [0.1, 0.15) is 11.9 Å². The summed E-state index contributed by atoms with van der Waals surface area (Å²) >= 11 is 0. The third kappa shape index (κ3) is 3.24. The second kappa shape index (κ2) is 5.88. The molecule has 0 radical (unpaired) electrons. The maximum atomic E-state index is 10.9. The molecule has 1 N–H and O–H groups in total. The maximum absolute atomic E-state index is 10.9. The van der Waals surface area contributed by atoms with E-state index in [1.807, 2.05) is 4.90 Å². The predicted octanol–water partition coefficient (Wildman–Crippen LogP) is 0.0673. The molecule has 0 saturated carbocycles. The molecular formula is C12H18N4O2. The van der Waals surface area contributed by atoms with Gasteiger partial charge in [-0.25, -0.2) is 9.97 Å². The van der Waals surface area contributed by atoms with Crippen molar-refractivity contribution in [1.82, 2.24) is 19.8 Å². The van der Waals surface area contributed by atoms with Gasteiger partial charge in [-0.15, -0.1) is 0 Å². The number of nitrogens with zero attached hydrogens (tertiary/aromatic N) is 4. The third-order valence-electron chi connectivity index (χ3n) is 3.30. The van der Waals surface area contributed by atoms with Crippen LogP contribution in [0.3, 0.4) is 0 Å². The first-order chi connectivity index (χ1) is 8.66. The fraction of sp³-hybridized carbons (Fsp3) is 0.583. The number of aromatic nitrogens is 2. The predicted molar refractivity (Wildman–Crippen MR) is 66.0 cm³/mol. The van der Waals surface area contributed by atoms with E-state index >= 15 is 0 Å². The standard InChI is InChI=1S/C12H18N4O2/c1-10(12(17)18)16-7-5-15(6-8-16)9-11-13-3-2-4-14-11/h2-4,10H,5-9H2,1H3,(H,17,18). The molecule has 0 aliphatic carbocycles. The van der Waals surface area contributed by atoms with Gasteiger partial charge in [0.05, 0.1) is 6.54 Å². The molecule has 0 spiro atoms. The molecule has 1 fully saturated rings. The fourth-order valence-corrected chi connectivity index (χ4v) is 2.08. The van der Waals surface area contributed by atoms with Crippen molar-refractivity contribution in [2.45, 2.75) is 19.5 Å². The Hall–Kier alpha value is -1.53. The van der Waals surface area contributed by atoms with Gasteiger partial charge >= 0.3 is 5.97 Å². The topological polar surface area (TPSA) is 69.6 Å². The van der Waals surface area contributed by atoms with Crippen molar-refractivity contribution in [1.29, 1.82) is 0 Å². The Kier molecular flexibility index (Phi) is 4.22. The SMILES string of the molecule is CC(C(=O)O)N1CCN(Cc2ncccn2)CC1. The summed E-state index contributed by atoms with van der Waals surface area (Å²) in [5.74, 6) is 0.0621. The van der Waals surface area contributed by atoms with Gasteiger partial charge in [0.15, 0.2) is 0 Å². The third-order valence-corrected chi connectivity index (χ3v) is 3.30. The second-order valence-corrected chi connectivity index (χ2v) is 4.49. The molecule has 2 rings (SSSR count). The van der Waals surface area contributed by atoms with E-state index in [9.17, 15) is 4.79 Å². The number of carboxylic acid groups (broad SMARTS) is 1. The Balaban J connectivity index is 1.82. The fourth-order valence-electron chi connectivity index (χ4n) is 2.08. The number of rotatable bonds is 4. The Labute approximate surface area is 106 Å². The number of hydrogen-bond donors (Lipinski definition) is 1. The summed E-state index contributed by atoms with van der Waals surface area (Å²) in [5, 5.41) is 8.96. The van der Waals surface area contributed by atoms with E-state index in [-0.39, 0.29) is 0 Å². The number of piperazine rings is 1. The molecule has 1 aromatic heterocycles. The molecule has 0 bridgehead atoms. The lowest BCUT2D eigenvalue weighted by molar-refractivity contribution is -0.143. The Morgan fingerprint density at radius 3 is 2.50 bits per heavy atom. The van der Waals surface area contributed by atoms with Crippen LogP contribution in [0.1, 0.15) is 12.7 Å². The second-order valence-electron chi connectivity index (χ2n) is 4.49. The molecule has 6 heteroatoms. The van der Waals surface area contributed by atoms with Crippen LogP contribution in [0.4, 0.5) is 0 Å². The van der Waals surface area contributed by atoms with Gasteiger partial charge < -0.3 is 5.11 Å². The molecule has 0 aromatic carbocycles. The minimum atomic E-state index is -0.755. The van der Waals surface area contributed by atoms with Crippen LogP contribution >= 0.6 is 0 Å². The van der Waals surface area contributed by atoms with Crippen molar-refractivity contribution in [2.75, 3.05) is 26.2 Å². The smallest absolute Gasteiger partial charge is 0.320 e. The minimum absolute atomic E-state index is 0.403. The van der Waals surface area contributed by atoms with Crippen LogP contribution in [0.2, 0.25) is 0 Å². The molecule has 0 amide bonds. The molecule has 1 unspecified atom stereocenters. The largest absolute Gasteiger partial charge is 0.480 e. The Morgan fingerprint density at radius 2 is 1.94 bits per heavy atom. The van der Waals surface area contributed by atoms with Crippen LogP contribution in [0.15, 0.2) is 18.5 Å². The monoisotopic (exact) mass is 250 g/mol. The molecule has 6 nitrogen and oxygen atoms in total. The van der Waals surface area contributed by atoms with Crippen molar-refractivity contribution in [3.8, 4) is 0 Å². The van der Waals surface area contributed by atoms with Crippen molar-refractivity contribution in [3.63, 3.8) is 0 Å². The van der Waals surface area contributed by atoms with E-state index in [4.69, 9.17) is 5.11 Å². The first-order valence-electron chi connectivity index (χ1n) is 6.12. The van der Waals surface area contributed by atoms with Gasteiger partial charge in [-0.2, -0.15) is 0 Å². The summed E-state index contributed by atoms with van der Waals surface area (Å²) < 4.78 is 0. The summed E-state index contributed by atoms with van der Waals surface area (Å²) in [7, 11) is 0. The van der Waals surface area contributed by atoms with Crippen molar-refractivity contribution in [2.24, 2.45) is 0 Å². The minimum Gasteiger partial charge on any atom is -0.480 e. The highest BCUT2D eigenvalue weighted by atomic mass is 16.4. The van der Waals surface area contributed by atoms with Gasteiger partial charge in [0.2, 0.25) is 0 Å². The lowest BCUT2D eigenvalue weighted by Crippen LogP contribution is -2.51. The van der Waals surface area contributed by atoms with Crippen LogP contribution < -0.4 is 0 Å². The summed E-state index contributed by atoms with van der Waals surface area (Å²) in [6.07, 6.45) is 3.48. The van der Waals surface area contributed by atoms with Crippen LogP contribution in [-0.2, 0) is 11.3 Å². The molecule has 1 saturated heterocycles. The first-order valence-corrected chi connectivity index (χ1v) is 6.12. The van der Waals surface area contributed by atoms with E-state index in [2.05, 4.69) is 14.9 Å². The molecule has 1 aromatic rings. The van der Waals surface area contributed by atoms with Crippen LogP contribution in [0, 0.1) is 0 Å². The number of aliphatic carboxylic acids is 1. The molecule has 1 aliphatic rings. The van der Waals surface area contributed by atoms with Crippen LogP contribution in [-0.4, -0.2) is 63.1 Å². The Bertz CT molecular complexity index is 390. The van der Waals surface area contributed by atoms with Crippen LogP contribution in [0.25, 0.3) is 0 Å². The van der Waals surface area contributed by atoms with Crippen molar-refractivity contribution in [3.05, 3.63) is 24.3 Å². The van der Waals surface area contributed by atoms with E-state index in [1.54, 1.807) is 25.4 Å². The zero-order valence-electron chi connectivity index (χ0n) is 10.5. The summed E-state index contributed by atoms with van der Waals surface area (Å²) in [6.45, 7) is 5.74. The van der Waals surface area contributed by atoms with Gasteiger partial charge in [-0.3, -0.25) is 14.6 Å². The molecule has 98 valence electrons. The van der Waals surface area contributed by atoms with Gasteiger partial charge in [0.25, 0.3) is 0 Å². The summed E-state index contributed by atoms with van der Waals surface area (Å²) in [4.78, 5) is 23.5. The highest BCUT2D eigenvalue weighted by Gasteiger charge is 2.25. The van der Waals surface area contributed by atoms with E-state index < -0.39 is 12.0 Å². The average Bonchev–Trinajstić information content (AvgIpc) is 2.40. The van der Waals surface area contributed by atoms with Gasteiger partial charge in [-0.1, -0.05) is 0 Å². The van der Waals surface area contributed by atoms with Crippen molar-refractivity contribution < 1.29 is 9.90 Å². The van der Waals surface area contributed by atoms with Gasteiger partial charge in [0, 0.05) is 38.6 Å². The Morgan fingerprint density at radius 1 is 1.33 bits per heavy atom. The number of carboxylic acids is 1. The first kappa shape index (κ1) is 12.9. The normalized spacial score (nSPS) is 19.6. The molecule has 1 aliphatic heterocycles. The molecule has 2 heterocycles. The van der Waals surface area contributed by atoms with Crippen LogP contribution in [0.5, 0.6) is 0 Å². The molecule has 1 atom stereocenters. The zero-order valence-corrected chi connectivity index (χ0v) is 10.5. The quantitative estimate of drug-likeness (QED) is 0.815. The zero-order chi connectivity index (χ0) is 13.0. The van der Waals surface area contributed by atoms with Gasteiger partial charge in [-0.05, 0) is 13.0 Å².